The van der Waals surface area contributed by atoms with Crippen molar-refractivity contribution in [1.29, 1.82) is 0 Å². The molecule has 0 aliphatic heterocycles. The van der Waals surface area contributed by atoms with Crippen LogP contribution in [0.1, 0.15) is 0 Å². The Morgan fingerprint density at radius 2 is 1.70 bits per heavy atom. The molecule has 0 aromatic rings. The standard InChI is InChI=1S/C7H17N3/c1-8-7(10(4)5)6-9(2)3/h6,8H,1-5H3/b7-6+. The zero-order valence-electron chi connectivity index (χ0n) is 7.47. The zero-order valence-corrected chi connectivity index (χ0v) is 7.47. The monoisotopic (exact) mass is 143 g/mol. The maximum atomic E-state index is 3.08. The summed E-state index contributed by atoms with van der Waals surface area (Å²) in [5, 5.41) is 3.08. The fourth-order valence-corrected chi connectivity index (χ4v) is 0.648. The van der Waals surface area contributed by atoms with Crippen LogP contribution in [0.2, 0.25) is 0 Å². The molecule has 0 atom stereocenters. The van der Waals surface area contributed by atoms with E-state index in [1.165, 1.54) is 0 Å². The molecule has 10 heavy (non-hydrogen) atoms. The normalized spacial score (nSPS) is 11.1. The first-order valence-corrected chi connectivity index (χ1v) is 3.31. The van der Waals surface area contributed by atoms with E-state index in [0.717, 1.165) is 5.82 Å². The molecule has 0 aromatic carbocycles. The zero-order chi connectivity index (χ0) is 8.15. The van der Waals surface area contributed by atoms with Gasteiger partial charge in [0.05, 0.1) is 0 Å². The molecule has 0 bridgehead atoms. The quantitative estimate of drug-likeness (QED) is 0.606. The van der Waals surface area contributed by atoms with Crippen LogP contribution in [0.15, 0.2) is 12.0 Å². The highest BCUT2D eigenvalue weighted by Crippen LogP contribution is 1.92. The van der Waals surface area contributed by atoms with Gasteiger partial charge in [-0.25, -0.2) is 0 Å². The lowest BCUT2D eigenvalue weighted by Gasteiger charge is -2.18. The predicted molar refractivity (Wildman–Crippen MR) is 44.5 cm³/mol. The van der Waals surface area contributed by atoms with Gasteiger partial charge in [-0.1, -0.05) is 0 Å². The van der Waals surface area contributed by atoms with E-state index in [-0.39, 0.29) is 0 Å². The Labute approximate surface area is 63.3 Å². The minimum absolute atomic E-state index is 1.10. The first kappa shape index (κ1) is 9.14. The second-order valence-corrected chi connectivity index (χ2v) is 2.62. The average Bonchev–Trinajstić information content (AvgIpc) is 1.81. The molecule has 0 aromatic heterocycles. The molecular weight excluding hydrogens is 126 g/mol. The summed E-state index contributed by atoms with van der Waals surface area (Å²) in [6, 6.07) is 0. The number of nitrogens with one attached hydrogen (secondary N) is 1. The molecule has 1 N–H and O–H groups in total. The van der Waals surface area contributed by atoms with Crippen LogP contribution in [-0.2, 0) is 0 Å². The third-order valence-electron chi connectivity index (χ3n) is 1.12. The molecule has 60 valence electrons. The van der Waals surface area contributed by atoms with Gasteiger partial charge in [0.1, 0.15) is 5.82 Å². The summed E-state index contributed by atoms with van der Waals surface area (Å²) in [4.78, 5) is 4.03. The van der Waals surface area contributed by atoms with E-state index < -0.39 is 0 Å². The number of nitrogens with zero attached hydrogens (tertiary/aromatic N) is 2. The van der Waals surface area contributed by atoms with Crippen molar-refractivity contribution in [3.8, 4) is 0 Å². The molecule has 3 heteroatoms. The van der Waals surface area contributed by atoms with Crippen molar-refractivity contribution >= 4 is 0 Å². The van der Waals surface area contributed by atoms with Gasteiger partial charge in [0.25, 0.3) is 0 Å². The second kappa shape index (κ2) is 4.04. The molecular formula is C7H17N3. The molecule has 0 aliphatic rings. The number of rotatable bonds is 3. The van der Waals surface area contributed by atoms with Crippen LogP contribution in [0.3, 0.4) is 0 Å². The summed E-state index contributed by atoms with van der Waals surface area (Å²) < 4.78 is 0. The average molecular weight is 143 g/mol. The van der Waals surface area contributed by atoms with Crippen molar-refractivity contribution in [3.63, 3.8) is 0 Å². The molecule has 0 aliphatic carbocycles. The highest BCUT2D eigenvalue weighted by Gasteiger charge is 1.93. The van der Waals surface area contributed by atoms with Gasteiger partial charge in [-0.05, 0) is 0 Å². The Bertz CT molecular complexity index is 116. The highest BCUT2D eigenvalue weighted by atomic mass is 15.2. The van der Waals surface area contributed by atoms with Gasteiger partial charge in [-0.15, -0.1) is 0 Å². The summed E-state index contributed by atoms with van der Waals surface area (Å²) in [5.74, 6) is 1.10. The molecule has 0 saturated carbocycles. The third kappa shape index (κ3) is 3.22. The van der Waals surface area contributed by atoms with Crippen molar-refractivity contribution in [2.24, 2.45) is 0 Å². The fraction of sp³-hybridized carbons (Fsp3) is 0.714. The van der Waals surface area contributed by atoms with E-state index in [1.807, 2.05) is 51.2 Å². The second-order valence-electron chi connectivity index (χ2n) is 2.62. The third-order valence-corrected chi connectivity index (χ3v) is 1.12. The summed E-state index contributed by atoms with van der Waals surface area (Å²) in [6.45, 7) is 0. The van der Waals surface area contributed by atoms with Gasteiger partial charge < -0.3 is 15.1 Å². The van der Waals surface area contributed by atoms with Gasteiger partial charge in [0.15, 0.2) is 0 Å². The Morgan fingerprint density at radius 3 is 1.80 bits per heavy atom. The Kier molecular flexibility index (Phi) is 3.69. The smallest absolute Gasteiger partial charge is 0.117 e. The Hall–Kier alpha value is -0.860. The van der Waals surface area contributed by atoms with Crippen LogP contribution < -0.4 is 5.32 Å². The van der Waals surface area contributed by atoms with Crippen LogP contribution in [0, 0.1) is 0 Å². The summed E-state index contributed by atoms with van der Waals surface area (Å²) in [5.41, 5.74) is 0. The lowest BCUT2D eigenvalue weighted by atomic mass is 10.6. The van der Waals surface area contributed by atoms with Gasteiger partial charge in [-0.2, -0.15) is 0 Å². The van der Waals surface area contributed by atoms with E-state index in [9.17, 15) is 0 Å². The lowest BCUT2D eigenvalue weighted by molar-refractivity contribution is 0.443. The number of hydrogen-bond acceptors (Lipinski definition) is 3. The van der Waals surface area contributed by atoms with Crippen molar-refractivity contribution in [2.45, 2.75) is 0 Å². The predicted octanol–water partition coefficient (Wildman–Crippen LogP) is 0.128. The van der Waals surface area contributed by atoms with Crippen LogP contribution in [-0.4, -0.2) is 45.0 Å². The van der Waals surface area contributed by atoms with Gasteiger partial charge >= 0.3 is 0 Å². The minimum Gasteiger partial charge on any atom is -0.381 e. The van der Waals surface area contributed by atoms with Crippen LogP contribution >= 0.6 is 0 Å². The molecule has 0 spiro atoms. The van der Waals surface area contributed by atoms with Crippen molar-refractivity contribution in [3.05, 3.63) is 12.0 Å². The molecule has 0 unspecified atom stereocenters. The maximum Gasteiger partial charge on any atom is 0.117 e. The van der Waals surface area contributed by atoms with Crippen LogP contribution in [0.4, 0.5) is 0 Å². The molecule has 0 amide bonds. The molecule has 0 saturated heterocycles. The van der Waals surface area contributed by atoms with Crippen molar-refractivity contribution < 1.29 is 0 Å². The molecule has 0 radical (unpaired) electrons. The number of hydrogen-bond donors (Lipinski definition) is 1. The Morgan fingerprint density at radius 1 is 1.20 bits per heavy atom. The topological polar surface area (TPSA) is 18.5 Å². The summed E-state index contributed by atoms with van der Waals surface area (Å²) in [6.07, 6.45) is 2.03. The van der Waals surface area contributed by atoms with E-state index >= 15 is 0 Å². The molecule has 0 heterocycles. The first-order chi connectivity index (χ1) is 4.57. The summed E-state index contributed by atoms with van der Waals surface area (Å²) >= 11 is 0. The first-order valence-electron chi connectivity index (χ1n) is 3.31. The lowest BCUT2D eigenvalue weighted by Crippen LogP contribution is -2.24. The van der Waals surface area contributed by atoms with E-state index in [1.54, 1.807) is 0 Å². The van der Waals surface area contributed by atoms with Crippen LogP contribution in [0.5, 0.6) is 0 Å². The highest BCUT2D eigenvalue weighted by molar-refractivity contribution is 4.93. The molecule has 0 rings (SSSR count). The van der Waals surface area contributed by atoms with Crippen molar-refractivity contribution in [2.75, 3.05) is 35.2 Å². The SMILES string of the molecule is CN/C(=C\N(C)C)N(C)C. The van der Waals surface area contributed by atoms with Gasteiger partial charge in [-0.3, -0.25) is 0 Å². The van der Waals surface area contributed by atoms with Crippen molar-refractivity contribution in [1.82, 2.24) is 15.1 Å². The molecule has 3 nitrogen and oxygen atoms in total. The van der Waals surface area contributed by atoms with Gasteiger partial charge in [0, 0.05) is 41.4 Å². The molecule has 0 fully saturated rings. The minimum atomic E-state index is 1.10. The van der Waals surface area contributed by atoms with E-state index in [0.29, 0.717) is 0 Å². The van der Waals surface area contributed by atoms with Gasteiger partial charge in [0.2, 0.25) is 0 Å². The summed E-state index contributed by atoms with van der Waals surface area (Å²) in [7, 11) is 9.93. The Balaban J connectivity index is 4.04. The van der Waals surface area contributed by atoms with E-state index in [4.69, 9.17) is 0 Å². The maximum absolute atomic E-state index is 3.08. The fourth-order valence-electron chi connectivity index (χ4n) is 0.648. The largest absolute Gasteiger partial charge is 0.381 e. The van der Waals surface area contributed by atoms with E-state index in [2.05, 4.69) is 5.32 Å². The van der Waals surface area contributed by atoms with Crippen LogP contribution in [0.25, 0.3) is 0 Å².